The van der Waals surface area contributed by atoms with E-state index in [-0.39, 0.29) is 17.6 Å². The summed E-state index contributed by atoms with van der Waals surface area (Å²) < 4.78 is 10.7. The molecule has 0 spiro atoms. The number of methoxy groups -OCH3 is 1. The first kappa shape index (κ1) is 16.8. The van der Waals surface area contributed by atoms with Gasteiger partial charge in [0, 0.05) is 12.5 Å². The molecule has 0 radical (unpaired) electrons. The molecule has 0 bridgehead atoms. The van der Waals surface area contributed by atoms with Gasteiger partial charge in [-0.05, 0) is 43.6 Å². The molecule has 1 saturated heterocycles. The van der Waals surface area contributed by atoms with E-state index in [1.54, 1.807) is 19.2 Å². The topological polar surface area (TPSA) is 76.4 Å². The SMILES string of the molecule is COc1ccc(CNC(=O)c2cnc(C3CCNCC3)o2)cc1Cl. The molecule has 1 aromatic heterocycles. The Labute approximate surface area is 145 Å². The van der Waals surface area contributed by atoms with Crippen LogP contribution in [0, 0.1) is 0 Å². The van der Waals surface area contributed by atoms with Crippen LogP contribution in [0.4, 0.5) is 0 Å². The summed E-state index contributed by atoms with van der Waals surface area (Å²) in [6.07, 6.45) is 3.45. The van der Waals surface area contributed by atoms with E-state index in [1.165, 1.54) is 6.20 Å². The van der Waals surface area contributed by atoms with Crippen LogP contribution in [0.2, 0.25) is 5.02 Å². The maximum absolute atomic E-state index is 12.2. The quantitative estimate of drug-likeness (QED) is 0.868. The fraction of sp³-hybridized carbons (Fsp3) is 0.412. The van der Waals surface area contributed by atoms with Crippen LogP contribution in [0.5, 0.6) is 5.75 Å². The van der Waals surface area contributed by atoms with E-state index in [9.17, 15) is 4.79 Å². The molecule has 2 N–H and O–H groups in total. The highest BCUT2D eigenvalue weighted by molar-refractivity contribution is 6.32. The van der Waals surface area contributed by atoms with Gasteiger partial charge in [0.25, 0.3) is 5.91 Å². The third-order valence-corrected chi connectivity index (χ3v) is 4.40. The Morgan fingerprint density at radius 1 is 1.46 bits per heavy atom. The van der Waals surface area contributed by atoms with Crippen LogP contribution in [-0.4, -0.2) is 31.1 Å². The number of benzene rings is 1. The average Bonchev–Trinajstić information content (AvgIpc) is 3.11. The second-order valence-corrected chi connectivity index (χ2v) is 6.15. The molecule has 1 aliphatic rings. The molecule has 2 aromatic rings. The molecular formula is C17H20ClN3O3. The van der Waals surface area contributed by atoms with E-state index < -0.39 is 0 Å². The minimum absolute atomic E-state index is 0.239. The summed E-state index contributed by atoms with van der Waals surface area (Å²) in [5.74, 6) is 1.49. The Morgan fingerprint density at radius 3 is 2.96 bits per heavy atom. The van der Waals surface area contributed by atoms with Crippen molar-refractivity contribution in [2.45, 2.75) is 25.3 Å². The number of hydrogen-bond donors (Lipinski definition) is 2. The minimum Gasteiger partial charge on any atom is -0.495 e. The Kier molecular flexibility index (Phi) is 5.37. The summed E-state index contributed by atoms with van der Waals surface area (Å²) in [6, 6.07) is 5.39. The van der Waals surface area contributed by atoms with Gasteiger partial charge in [-0.2, -0.15) is 0 Å². The molecule has 1 amide bonds. The zero-order valence-electron chi connectivity index (χ0n) is 13.5. The lowest BCUT2D eigenvalue weighted by atomic mass is 9.98. The van der Waals surface area contributed by atoms with Crippen LogP contribution in [0.25, 0.3) is 0 Å². The van der Waals surface area contributed by atoms with Gasteiger partial charge in [0.05, 0.1) is 18.3 Å². The van der Waals surface area contributed by atoms with Gasteiger partial charge in [0.1, 0.15) is 5.75 Å². The molecule has 128 valence electrons. The van der Waals surface area contributed by atoms with Crippen molar-refractivity contribution in [3.63, 3.8) is 0 Å². The lowest BCUT2D eigenvalue weighted by molar-refractivity contribution is 0.0920. The maximum atomic E-state index is 12.2. The summed E-state index contributed by atoms with van der Waals surface area (Å²) in [7, 11) is 1.56. The predicted molar refractivity (Wildman–Crippen MR) is 90.5 cm³/mol. The molecule has 24 heavy (non-hydrogen) atoms. The van der Waals surface area contributed by atoms with Gasteiger partial charge in [-0.3, -0.25) is 4.79 Å². The van der Waals surface area contributed by atoms with E-state index in [2.05, 4.69) is 15.6 Å². The second kappa shape index (κ2) is 7.68. The smallest absolute Gasteiger partial charge is 0.288 e. The van der Waals surface area contributed by atoms with Crippen LogP contribution in [0.1, 0.15) is 40.8 Å². The van der Waals surface area contributed by atoms with Crippen molar-refractivity contribution < 1.29 is 13.9 Å². The summed E-state index contributed by atoms with van der Waals surface area (Å²) in [6.45, 7) is 2.26. The van der Waals surface area contributed by atoms with Crippen LogP contribution >= 0.6 is 11.6 Å². The van der Waals surface area contributed by atoms with Crippen LogP contribution in [0.3, 0.4) is 0 Å². The number of nitrogens with zero attached hydrogens (tertiary/aromatic N) is 1. The largest absolute Gasteiger partial charge is 0.495 e. The Morgan fingerprint density at radius 2 is 2.25 bits per heavy atom. The van der Waals surface area contributed by atoms with Crippen molar-refractivity contribution in [2.75, 3.05) is 20.2 Å². The average molecular weight is 350 g/mol. The van der Waals surface area contributed by atoms with Crippen LogP contribution in [-0.2, 0) is 6.54 Å². The van der Waals surface area contributed by atoms with E-state index in [1.807, 2.05) is 6.07 Å². The van der Waals surface area contributed by atoms with Crippen molar-refractivity contribution in [1.29, 1.82) is 0 Å². The number of piperidine rings is 1. The van der Waals surface area contributed by atoms with Crippen molar-refractivity contribution in [3.05, 3.63) is 46.6 Å². The minimum atomic E-state index is -0.283. The fourth-order valence-corrected chi connectivity index (χ4v) is 3.02. The number of rotatable bonds is 5. The summed E-state index contributed by atoms with van der Waals surface area (Å²) >= 11 is 6.08. The van der Waals surface area contributed by atoms with E-state index in [4.69, 9.17) is 20.8 Å². The molecule has 7 heteroatoms. The number of carbonyl (C=O) groups excluding carboxylic acids is 1. The zero-order chi connectivity index (χ0) is 16.9. The molecule has 1 aromatic carbocycles. The number of halogens is 1. The van der Waals surface area contributed by atoms with E-state index in [0.717, 1.165) is 31.5 Å². The number of carbonyl (C=O) groups is 1. The number of aromatic nitrogens is 1. The van der Waals surface area contributed by atoms with Crippen molar-refractivity contribution >= 4 is 17.5 Å². The maximum Gasteiger partial charge on any atom is 0.288 e. The highest BCUT2D eigenvalue weighted by Gasteiger charge is 2.21. The molecule has 3 rings (SSSR count). The first-order valence-corrected chi connectivity index (χ1v) is 8.32. The van der Waals surface area contributed by atoms with Gasteiger partial charge in [-0.25, -0.2) is 4.98 Å². The fourth-order valence-electron chi connectivity index (χ4n) is 2.74. The Balaban J connectivity index is 1.59. The van der Waals surface area contributed by atoms with Crippen molar-refractivity contribution in [3.8, 4) is 5.75 Å². The molecule has 1 aliphatic heterocycles. The number of nitrogens with one attached hydrogen (secondary N) is 2. The van der Waals surface area contributed by atoms with Crippen molar-refractivity contribution in [1.82, 2.24) is 15.6 Å². The second-order valence-electron chi connectivity index (χ2n) is 5.74. The number of ether oxygens (including phenoxy) is 1. The van der Waals surface area contributed by atoms with Gasteiger partial charge in [-0.1, -0.05) is 17.7 Å². The van der Waals surface area contributed by atoms with Gasteiger partial charge < -0.3 is 19.8 Å². The lowest BCUT2D eigenvalue weighted by Crippen LogP contribution is -2.26. The van der Waals surface area contributed by atoms with E-state index >= 15 is 0 Å². The molecule has 0 atom stereocenters. The molecular weight excluding hydrogens is 330 g/mol. The first-order chi connectivity index (χ1) is 11.7. The zero-order valence-corrected chi connectivity index (χ0v) is 14.2. The van der Waals surface area contributed by atoms with Crippen molar-refractivity contribution in [2.24, 2.45) is 0 Å². The van der Waals surface area contributed by atoms with E-state index in [0.29, 0.717) is 23.2 Å². The standard InChI is InChI=1S/C17H20ClN3O3/c1-23-14-3-2-11(8-13(14)18)9-20-16(22)15-10-21-17(24-15)12-4-6-19-7-5-12/h2-3,8,10,12,19H,4-7,9H2,1H3,(H,20,22). The summed E-state index contributed by atoms with van der Waals surface area (Å²) in [4.78, 5) is 16.5. The summed E-state index contributed by atoms with van der Waals surface area (Å²) in [5, 5.41) is 6.62. The highest BCUT2D eigenvalue weighted by atomic mass is 35.5. The van der Waals surface area contributed by atoms with Gasteiger partial charge in [0.2, 0.25) is 5.76 Å². The summed E-state index contributed by atoms with van der Waals surface area (Å²) in [5.41, 5.74) is 0.882. The monoisotopic (exact) mass is 349 g/mol. The normalized spacial score (nSPS) is 15.2. The Hall–Kier alpha value is -2.05. The first-order valence-electron chi connectivity index (χ1n) is 7.94. The predicted octanol–water partition coefficient (Wildman–Crippen LogP) is 2.73. The number of amides is 1. The molecule has 0 unspecified atom stereocenters. The lowest BCUT2D eigenvalue weighted by Gasteiger charge is -2.19. The molecule has 1 fully saturated rings. The highest BCUT2D eigenvalue weighted by Crippen LogP contribution is 2.26. The number of oxazole rings is 1. The molecule has 2 heterocycles. The third kappa shape index (κ3) is 3.88. The molecule has 6 nitrogen and oxygen atoms in total. The van der Waals surface area contributed by atoms with Gasteiger partial charge in [-0.15, -0.1) is 0 Å². The third-order valence-electron chi connectivity index (χ3n) is 4.11. The molecule has 0 saturated carbocycles. The van der Waals surface area contributed by atoms with Crippen LogP contribution in [0.15, 0.2) is 28.8 Å². The Bertz CT molecular complexity index is 711. The van der Waals surface area contributed by atoms with Gasteiger partial charge in [0.15, 0.2) is 5.89 Å². The van der Waals surface area contributed by atoms with Crippen LogP contribution < -0.4 is 15.4 Å². The van der Waals surface area contributed by atoms with Gasteiger partial charge >= 0.3 is 0 Å². The number of hydrogen-bond acceptors (Lipinski definition) is 5. The molecule has 0 aliphatic carbocycles.